The predicted octanol–water partition coefficient (Wildman–Crippen LogP) is 3.38. The van der Waals surface area contributed by atoms with Gasteiger partial charge in [0.2, 0.25) is 5.88 Å². The number of aromatic nitrogens is 2. The number of rotatable bonds is 10. The lowest BCUT2D eigenvalue weighted by molar-refractivity contribution is -0.134. The third kappa shape index (κ3) is 9.59. The Kier molecular flexibility index (Phi) is 11.3. The van der Waals surface area contributed by atoms with Gasteiger partial charge in [0.25, 0.3) is 0 Å². The van der Waals surface area contributed by atoms with Crippen molar-refractivity contribution in [3.63, 3.8) is 0 Å². The lowest BCUT2D eigenvalue weighted by Gasteiger charge is -2.36. The highest BCUT2D eigenvalue weighted by atomic mass is 16.5. The summed E-state index contributed by atoms with van der Waals surface area (Å²) in [6, 6.07) is 17.9. The van der Waals surface area contributed by atoms with E-state index in [-0.39, 0.29) is 0 Å². The van der Waals surface area contributed by atoms with Crippen LogP contribution in [0.4, 0.5) is 5.69 Å². The number of aryl methyl sites for hydroxylation is 1. The van der Waals surface area contributed by atoms with Crippen LogP contribution < -0.4 is 19.1 Å². The zero-order chi connectivity index (χ0) is 28.9. The molecule has 1 aliphatic rings. The summed E-state index contributed by atoms with van der Waals surface area (Å²) in [5, 5.41) is 15.6. The number of nitrogens with zero attached hydrogens (tertiary/aromatic N) is 4. The molecule has 11 nitrogen and oxygen atoms in total. The van der Waals surface area contributed by atoms with Gasteiger partial charge in [-0.05, 0) is 55.5 Å². The van der Waals surface area contributed by atoms with Gasteiger partial charge >= 0.3 is 11.9 Å². The van der Waals surface area contributed by atoms with Crippen LogP contribution in [0.5, 0.6) is 17.4 Å². The standard InChI is InChI=1S/C25H30N4O3.C4H4O4/c1-19-18-24(27-25(26-19)20-4-8-22(30-2)9-5-20)32-17-16-28-12-14-29(15-13-28)21-6-10-23(31-3)11-7-21;5-3(6)1-2-4(7)8/h4-11,18H,12-17H2,1-3H3;1-2H,(H,5,6)(H,7,8)/b;2-1-. The second-order valence-electron chi connectivity index (χ2n) is 8.78. The highest BCUT2D eigenvalue weighted by Crippen LogP contribution is 2.22. The summed E-state index contributed by atoms with van der Waals surface area (Å²) < 4.78 is 16.5. The molecule has 2 heterocycles. The number of hydrogen-bond donors (Lipinski definition) is 2. The molecule has 2 aromatic carbocycles. The Labute approximate surface area is 233 Å². The molecule has 1 fully saturated rings. The number of methoxy groups -OCH3 is 2. The molecule has 0 amide bonds. The molecule has 0 aliphatic carbocycles. The minimum absolute atomic E-state index is 0.558. The lowest BCUT2D eigenvalue weighted by Crippen LogP contribution is -2.47. The number of ether oxygens (including phenoxy) is 3. The van der Waals surface area contributed by atoms with E-state index >= 15 is 0 Å². The number of benzene rings is 2. The predicted molar refractivity (Wildman–Crippen MR) is 150 cm³/mol. The average Bonchev–Trinajstić information content (AvgIpc) is 2.96. The molecule has 1 aliphatic heterocycles. The molecule has 0 atom stereocenters. The summed E-state index contributed by atoms with van der Waals surface area (Å²) in [6.07, 6.45) is 1.12. The van der Waals surface area contributed by atoms with Crippen molar-refractivity contribution in [3.8, 4) is 28.8 Å². The molecule has 4 rings (SSSR count). The average molecular weight is 551 g/mol. The Bertz CT molecular complexity index is 1260. The highest BCUT2D eigenvalue weighted by Gasteiger charge is 2.17. The number of carboxylic acids is 2. The van der Waals surface area contributed by atoms with E-state index in [4.69, 9.17) is 24.4 Å². The normalized spacial score (nSPS) is 13.3. The summed E-state index contributed by atoms with van der Waals surface area (Å²) in [4.78, 5) is 33.1. The first-order valence-corrected chi connectivity index (χ1v) is 12.7. The summed E-state index contributed by atoms with van der Waals surface area (Å²) in [5.41, 5.74) is 3.06. The molecule has 2 N–H and O–H groups in total. The van der Waals surface area contributed by atoms with Crippen LogP contribution in [0.1, 0.15) is 5.69 Å². The van der Waals surface area contributed by atoms with Crippen LogP contribution in [0, 0.1) is 6.92 Å². The fourth-order valence-electron chi connectivity index (χ4n) is 3.93. The van der Waals surface area contributed by atoms with Gasteiger partial charge in [-0.1, -0.05) is 0 Å². The summed E-state index contributed by atoms with van der Waals surface area (Å²) in [7, 11) is 3.35. The summed E-state index contributed by atoms with van der Waals surface area (Å²) >= 11 is 0. The Morgan fingerprint density at radius 1 is 0.850 bits per heavy atom. The molecule has 3 aromatic rings. The van der Waals surface area contributed by atoms with Gasteiger partial charge in [0, 0.05) is 67.9 Å². The van der Waals surface area contributed by atoms with Crippen LogP contribution in [-0.2, 0) is 9.59 Å². The molecule has 1 aromatic heterocycles. The van der Waals surface area contributed by atoms with Crippen LogP contribution in [-0.4, -0.2) is 90.6 Å². The molecule has 0 unspecified atom stereocenters. The van der Waals surface area contributed by atoms with Crippen LogP contribution in [0.2, 0.25) is 0 Å². The van der Waals surface area contributed by atoms with Crippen LogP contribution in [0.25, 0.3) is 11.4 Å². The largest absolute Gasteiger partial charge is 0.497 e. The smallest absolute Gasteiger partial charge is 0.328 e. The van der Waals surface area contributed by atoms with E-state index in [1.54, 1.807) is 14.2 Å². The minimum atomic E-state index is -1.26. The molecule has 0 saturated carbocycles. The Morgan fingerprint density at radius 3 is 1.93 bits per heavy atom. The second kappa shape index (κ2) is 15.1. The molecule has 40 heavy (non-hydrogen) atoms. The molecular formula is C29H34N4O7. The van der Waals surface area contributed by atoms with Crippen molar-refractivity contribution in [3.05, 3.63) is 72.4 Å². The van der Waals surface area contributed by atoms with Crippen molar-refractivity contribution in [2.24, 2.45) is 0 Å². The zero-order valence-electron chi connectivity index (χ0n) is 22.8. The Balaban J connectivity index is 0.000000482. The highest BCUT2D eigenvalue weighted by molar-refractivity contribution is 5.89. The fraction of sp³-hybridized carbons (Fsp3) is 0.310. The first kappa shape index (κ1) is 29.9. The van der Waals surface area contributed by atoms with Gasteiger partial charge in [-0.15, -0.1) is 0 Å². The van der Waals surface area contributed by atoms with Gasteiger partial charge in [-0.3, -0.25) is 4.90 Å². The maximum absolute atomic E-state index is 9.55. The van der Waals surface area contributed by atoms with Crippen LogP contribution >= 0.6 is 0 Å². The third-order valence-electron chi connectivity index (χ3n) is 6.01. The molecular weight excluding hydrogens is 516 g/mol. The quantitative estimate of drug-likeness (QED) is 0.360. The van der Waals surface area contributed by atoms with Gasteiger partial charge in [0.05, 0.1) is 14.2 Å². The SMILES string of the molecule is COc1ccc(-c2nc(C)cc(OCCN3CCN(c4ccc(OC)cc4)CC3)n2)cc1.O=C(O)/C=C\C(=O)O. The van der Waals surface area contributed by atoms with Gasteiger partial charge < -0.3 is 29.3 Å². The molecule has 0 bridgehead atoms. The molecule has 0 spiro atoms. The van der Waals surface area contributed by atoms with E-state index in [9.17, 15) is 9.59 Å². The van der Waals surface area contributed by atoms with Crippen LogP contribution in [0.15, 0.2) is 66.7 Å². The maximum Gasteiger partial charge on any atom is 0.328 e. The first-order chi connectivity index (χ1) is 19.3. The van der Waals surface area contributed by atoms with Crippen molar-refractivity contribution >= 4 is 17.6 Å². The summed E-state index contributed by atoms with van der Waals surface area (Å²) in [6.45, 7) is 7.45. The summed E-state index contributed by atoms with van der Waals surface area (Å²) in [5.74, 6) is 0.459. The molecule has 11 heteroatoms. The Hall–Kier alpha value is -4.64. The number of hydrogen-bond acceptors (Lipinski definition) is 9. The molecule has 1 saturated heterocycles. The van der Waals surface area contributed by atoms with E-state index in [0.717, 1.165) is 55.5 Å². The maximum atomic E-state index is 9.55. The van der Waals surface area contributed by atoms with E-state index in [0.29, 0.717) is 30.5 Å². The number of anilines is 1. The van der Waals surface area contributed by atoms with Gasteiger partial charge in [-0.2, -0.15) is 4.98 Å². The Morgan fingerprint density at radius 2 is 1.40 bits per heavy atom. The van der Waals surface area contributed by atoms with Gasteiger partial charge in [0.1, 0.15) is 18.1 Å². The van der Waals surface area contributed by atoms with Crippen molar-refractivity contribution in [1.82, 2.24) is 14.9 Å². The van der Waals surface area contributed by atoms with Gasteiger partial charge in [0.15, 0.2) is 5.82 Å². The van der Waals surface area contributed by atoms with E-state index in [1.165, 1.54) is 5.69 Å². The number of carboxylic acid groups (broad SMARTS) is 2. The topological polar surface area (TPSA) is 135 Å². The number of piperazine rings is 1. The molecule has 212 valence electrons. The van der Waals surface area contributed by atoms with Crippen molar-refractivity contribution in [2.45, 2.75) is 6.92 Å². The van der Waals surface area contributed by atoms with Gasteiger partial charge in [-0.25, -0.2) is 14.6 Å². The monoisotopic (exact) mass is 550 g/mol. The third-order valence-corrected chi connectivity index (χ3v) is 6.01. The van der Waals surface area contributed by atoms with E-state index in [1.807, 2.05) is 49.4 Å². The van der Waals surface area contributed by atoms with E-state index < -0.39 is 11.9 Å². The number of aliphatic carboxylic acids is 2. The molecule has 0 radical (unpaired) electrons. The first-order valence-electron chi connectivity index (χ1n) is 12.7. The van der Waals surface area contributed by atoms with Crippen molar-refractivity contribution < 1.29 is 34.0 Å². The lowest BCUT2D eigenvalue weighted by atomic mass is 10.2. The minimum Gasteiger partial charge on any atom is -0.497 e. The van der Waals surface area contributed by atoms with E-state index in [2.05, 4.69) is 31.9 Å². The van der Waals surface area contributed by atoms with Crippen molar-refractivity contribution in [1.29, 1.82) is 0 Å². The number of carbonyl (C=O) groups is 2. The second-order valence-corrected chi connectivity index (χ2v) is 8.78. The zero-order valence-corrected chi connectivity index (χ0v) is 22.8. The fourth-order valence-corrected chi connectivity index (χ4v) is 3.93. The van der Waals surface area contributed by atoms with Crippen LogP contribution in [0.3, 0.4) is 0 Å². The van der Waals surface area contributed by atoms with Crippen molar-refractivity contribution in [2.75, 3.05) is 58.5 Å².